The van der Waals surface area contributed by atoms with Crippen LogP contribution in [0.25, 0.3) is 0 Å². The van der Waals surface area contributed by atoms with Crippen LogP contribution >= 0.6 is 0 Å². The van der Waals surface area contributed by atoms with Crippen molar-refractivity contribution < 1.29 is 9.53 Å². The molecular weight excluding hydrogens is 226 g/mol. The molecule has 0 aliphatic carbocycles. The molecule has 0 aliphatic rings. The van der Waals surface area contributed by atoms with Gasteiger partial charge in [0.2, 0.25) is 0 Å². The zero-order valence-electron chi connectivity index (χ0n) is 11.6. The van der Waals surface area contributed by atoms with Crippen LogP contribution in [0.3, 0.4) is 0 Å². The lowest BCUT2D eigenvalue weighted by Crippen LogP contribution is -2.15. The first-order valence-electron chi connectivity index (χ1n) is 6.54. The number of hydrogen-bond donors (Lipinski definition) is 0. The Morgan fingerprint density at radius 1 is 1.22 bits per heavy atom. The predicted molar refractivity (Wildman–Crippen MR) is 74.3 cm³/mol. The maximum absolute atomic E-state index is 11.6. The van der Waals surface area contributed by atoms with E-state index in [2.05, 4.69) is 4.90 Å². The molecule has 0 unspecified atom stereocenters. The van der Waals surface area contributed by atoms with Gasteiger partial charge in [-0.25, -0.2) is 0 Å². The van der Waals surface area contributed by atoms with Gasteiger partial charge in [-0.3, -0.25) is 4.79 Å². The second-order valence-electron chi connectivity index (χ2n) is 4.70. The van der Waals surface area contributed by atoms with Crippen molar-refractivity contribution in [3.05, 3.63) is 29.8 Å². The number of nitrogens with zero attached hydrogens (tertiary/aromatic N) is 1. The SMILES string of the molecule is CCCC(=O)c1ccc(OCCCN(C)C)cc1. The summed E-state index contributed by atoms with van der Waals surface area (Å²) in [6, 6.07) is 7.44. The van der Waals surface area contributed by atoms with Gasteiger partial charge in [-0.2, -0.15) is 0 Å². The van der Waals surface area contributed by atoms with Crippen molar-refractivity contribution in [1.29, 1.82) is 0 Å². The minimum Gasteiger partial charge on any atom is -0.494 e. The van der Waals surface area contributed by atoms with Crippen LogP contribution in [0.2, 0.25) is 0 Å². The largest absolute Gasteiger partial charge is 0.494 e. The standard InChI is InChI=1S/C15H23NO2/c1-4-6-15(17)13-7-9-14(10-8-13)18-12-5-11-16(2)3/h7-10H,4-6,11-12H2,1-3H3. The molecular formula is C15H23NO2. The summed E-state index contributed by atoms with van der Waals surface area (Å²) in [5, 5.41) is 0. The van der Waals surface area contributed by atoms with Gasteiger partial charge in [0.25, 0.3) is 0 Å². The van der Waals surface area contributed by atoms with Crippen molar-refractivity contribution in [1.82, 2.24) is 4.90 Å². The van der Waals surface area contributed by atoms with Crippen LogP contribution in [0.15, 0.2) is 24.3 Å². The van der Waals surface area contributed by atoms with E-state index < -0.39 is 0 Å². The molecule has 3 nitrogen and oxygen atoms in total. The molecule has 18 heavy (non-hydrogen) atoms. The Kier molecular flexibility index (Phi) is 6.44. The highest BCUT2D eigenvalue weighted by atomic mass is 16.5. The first-order chi connectivity index (χ1) is 8.63. The van der Waals surface area contributed by atoms with Crippen molar-refractivity contribution in [2.75, 3.05) is 27.2 Å². The maximum Gasteiger partial charge on any atom is 0.162 e. The van der Waals surface area contributed by atoms with Crippen LogP contribution in [-0.4, -0.2) is 37.9 Å². The molecule has 100 valence electrons. The Balaban J connectivity index is 2.38. The molecule has 0 saturated carbocycles. The van der Waals surface area contributed by atoms with Gasteiger partial charge in [-0.15, -0.1) is 0 Å². The van der Waals surface area contributed by atoms with Crippen LogP contribution in [-0.2, 0) is 0 Å². The molecule has 0 bridgehead atoms. The molecule has 1 aromatic rings. The van der Waals surface area contributed by atoms with Crippen molar-refractivity contribution >= 4 is 5.78 Å². The zero-order chi connectivity index (χ0) is 13.4. The van der Waals surface area contributed by atoms with Crippen LogP contribution in [0.4, 0.5) is 0 Å². The highest BCUT2D eigenvalue weighted by Gasteiger charge is 2.04. The molecule has 0 radical (unpaired) electrons. The number of ketones is 1. The monoisotopic (exact) mass is 249 g/mol. The van der Waals surface area contributed by atoms with Gasteiger partial charge in [0.15, 0.2) is 5.78 Å². The summed E-state index contributed by atoms with van der Waals surface area (Å²) in [6.45, 7) is 3.74. The molecule has 1 rings (SSSR count). The quantitative estimate of drug-likeness (QED) is 0.524. The third-order valence-electron chi connectivity index (χ3n) is 2.67. The minimum absolute atomic E-state index is 0.205. The molecule has 0 atom stereocenters. The van der Waals surface area contributed by atoms with E-state index in [1.54, 1.807) is 0 Å². The van der Waals surface area contributed by atoms with Crippen LogP contribution in [0.5, 0.6) is 5.75 Å². The number of rotatable bonds is 8. The van der Waals surface area contributed by atoms with Crippen molar-refractivity contribution in [2.24, 2.45) is 0 Å². The summed E-state index contributed by atoms with van der Waals surface area (Å²) in [5.74, 6) is 1.04. The van der Waals surface area contributed by atoms with Gasteiger partial charge < -0.3 is 9.64 Å². The number of ether oxygens (including phenoxy) is 1. The van der Waals surface area contributed by atoms with Gasteiger partial charge in [-0.05, 0) is 51.2 Å². The van der Waals surface area contributed by atoms with E-state index in [0.29, 0.717) is 13.0 Å². The number of carbonyl (C=O) groups excluding carboxylic acids is 1. The molecule has 0 heterocycles. The highest BCUT2D eigenvalue weighted by Crippen LogP contribution is 2.14. The van der Waals surface area contributed by atoms with Gasteiger partial charge >= 0.3 is 0 Å². The summed E-state index contributed by atoms with van der Waals surface area (Å²) in [6.07, 6.45) is 2.51. The van der Waals surface area contributed by atoms with Crippen molar-refractivity contribution in [3.63, 3.8) is 0 Å². The summed E-state index contributed by atoms with van der Waals surface area (Å²) >= 11 is 0. The molecule has 0 amide bonds. The molecule has 0 spiro atoms. The van der Waals surface area contributed by atoms with Gasteiger partial charge in [0, 0.05) is 18.5 Å². The maximum atomic E-state index is 11.6. The lowest BCUT2D eigenvalue weighted by atomic mass is 10.1. The van der Waals surface area contributed by atoms with E-state index in [0.717, 1.165) is 30.7 Å². The first-order valence-corrected chi connectivity index (χ1v) is 6.54. The average Bonchev–Trinajstić information content (AvgIpc) is 2.35. The van der Waals surface area contributed by atoms with E-state index >= 15 is 0 Å². The zero-order valence-corrected chi connectivity index (χ0v) is 11.6. The molecule has 0 aromatic heterocycles. The normalized spacial score (nSPS) is 10.7. The van der Waals surface area contributed by atoms with E-state index in [1.165, 1.54) is 0 Å². The molecule has 3 heteroatoms. The van der Waals surface area contributed by atoms with E-state index in [4.69, 9.17) is 4.74 Å². The molecule has 1 aromatic carbocycles. The second-order valence-corrected chi connectivity index (χ2v) is 4.70. The number of carbonyl (C=O) groups is 1. The fourth-order valence-electron chi connectivity index (χ4n) is 1.68. The molecule has 0 aliphatic heterocycles. The van der Waals surface area contributed by atoms with E-state index in [1.807, 2.05) is 45.3 Å². The third kappa shape index (κ3) is 5.32. The number of benzene rings is 1. The lowest BCUT2D eigenvalue weighted by Gasteiger charge is -2.10. The fourth-order valence-corrected chi connectivity index (χ4v) is 1.68. The summed E-state index contributed by atoms with van der Waals surface area (Å²) in [5.41, 5.74) is 0.775. The van der Waals surface area contributed by atoms with Crippen LogP contribution in [0, 0.1) is 0 Å². The van der Waals surface area contributed by atoms with Gasteiger partial charge in [0.1, 0.15) is 5.75 Å². The van der Waals surface area contributed by atoms with Crippen LogP contribution < -0.4 is 4.74 Å². The van der Waals surface area contributed by atoms with Crippen molar-refractivity contribution in [2.45, 2.75) is 26.2 Å². The van der Waals surface area contributed by atoms with E-state index in [-0.39, 0.29) is 5.78 Å². The first kappa shape index (κ1) is 14.7. The van der Waals surface area contributed by atoms with Gasteiger partial charge in [0.05, 0.1) is 6.61 Å². The second kappa shape index (κ2) is 7.88. The number of hydrogen-bond acceptors (Lipinski definition) is 3. The Bertz CT molecular complexity index is 357. The molecule has 0 fully saturated rings. The lowest BCUT2D eigenvalue weighted by molar-refractivity contribution is 0.0981. The molecule has 0 N–H and O–H groups in total. The molecule has 0 saturated heterocycles. The van der Waals surface area contributed by atoms with E-state index in [9.17, 15) is 4.79 Å². The summed E-state index contributed by atoms with van der Waals surface area (Å²) < 4.78 is 5.61. The fraction of sp³-hybridized carbons (Fsp3) is 0.533. The Morgan fingerprint density at radius 3 is 2.44 bits per heavy atom. The van der Waals surface area contributed by atoms with Crippen LogP contribution in [0.1, 0.15) is 36.5 Å². The smallest absolute Gasteiger partial charge is 0.162 e. The summed E-state index contributed by atoms with van der Waals surface area (Å²) in [7, 11) is 4.10. The Labute approximate surface area is 110 Å². The minimum atomic E-state index is 0.205. The van der Waals surface area contributed by atoms with Gasteiger partial charge in [-0.1, -0.05) is 6.92 Å². The summed E-state index contributed by atoms with van der Waals surface area (Å²) in [4.78, 5) is 13.8. The Hall–Kier alpha value is -1.35. The third-order valence-corrected chi connectivity index (χ3v) is 2.67. The number of Topliss-reactive ketones (excluding diaryl/α,β-unsaturated/α-hetero) is 1. The Morgan fingerprint density at radius 2 is 1.89 bits per heavy atom. The predicted octanol–water partition coefficient (Wildman–Crippen LogP) is 3.00. The highest BCUT2D eigenvalue weighted by molar-refractivity contribution is 5.96. The topological polar surface area (TPSA) is 29.5 Å². The average molecular weight is 249 g/mol. The van der Waals surface area contributed by atoms with Crippen molar-refractivity contribution in [3.8, 4) is 5.75 Å².